The summed E-state index contributed by atoms with van der Waals surface area (Å²) in [5, 5.41) is 3.12. The Bertz CT molecular complexity index is 698. The van der Waals surface area contributed by atoms with Crippen molar-refractivity contribution in [2.75, 3.05) is 12.4 Å². The number of esters is 1. The van der Waals surface area contributed by atoms with Gasteiger partial charge in [0.05, 0.1) is 12.7 Å². The van der Waals surface area contributed by atoms with Crippen molar-refractivity contribution in [2.24, 2.45) is 0 Å². The highest BCUT2D eigenvalue weighted by atomic mass is 35.5. The lowest BCUT2D eigenvalue weighted by molar-refractivity contribution is -0.114. The van der Waals surface area contributed by atoms with Gasteiger partial charge in [0.1, 0.15) is 11.4 Å². The van der Waals surface area contributed by atoms with Crippen LogP contribution in [0.2, 0.25) is 5.02 Å². The molecular formula is C16H14ClNO4. The molecule has 0 bridgehead atoms. The first-order valence-corrected chi connectivity index (χ1v) is 6.81. The van der Waals surface area contributed by atoms with Gasteiger partial charge in [-0.1, -0.05) is 17.7 Å². The quantitative estimate of drug-likeness (QED) is 0.691. The van der Waals surface area contributed by atoms with Crippen LogP contribution in [0, 0.1) is 0 Å². The first-order valence-electron chi connectivity index (χ1n) is 6.43. The van der Waals surface area contributed by atoms with Crippen LogP contribution in [0.15, 0.2) is 42.5 Å². The summed E-state index contributed by atoms with van der Waals surface area (Å²) < 4.78 is 10.5. The molecule has 0 saturated carbocycles. The van der Waals surface area contributed by atoms with E-state index in [-0.39, 0.29) is 11.7 Å². The number of halogens is 1. The molecule has 0 aromatic heterocycles. The second kappa shape index (κ2) is 6.95. The minimum Gasteiger partial charge on any atom is -0.494 e. The third-order valence-corrected chi connectivity index (χ3v) is 3.04. The van der Waals surface area contributed by atoms with Crippen LogP contribution in [0.1, 0.15) is 17.3 Å². The maximum atomic E-state index is 12.1. The average molecular weight is 320 g/mol. The maximum absolute atomic E-state index is 12.1. The number of methoxy groups -OCH3 is 1. The van der Waals surface area contributed by atoms with Gasteiger partial charge in [-0.05, 0) is 36.4 Å². The van der Waals surface area contributed by atoms with Crippen molar-refractivity contribution in [1.82, 2.24) is 0 Å². The number of hydrogen-bond acceptors (Lipinski definition) is 4. The number of para-hydroxylation sites is 1. The highest BCUT2D eigenvalue weighted by Crippen LogP contribution is 2.34. The lowest BCUT2D eigenvalue weighted by Gasteiger charge is -2.13. The molecule has 114 valence electrons. The summed E-state index contributed by atoms with van der Waals surface area (Å²) in [7, 11) is 1.46. The van der Waals surface area contributed by atoms with Crippen LogP contribution < -0.4 is 14.8 Å². The summed E-state index contributed by atoms with van der Waals surface area (Å²) in [6.45, 7) is 1.36. The van der Waals surface area contributed by atoms with E-state index in [9.17, 15) is 9.59 Å². The molecule has 2 aromatic rings. The summed E-state index contributed by atoms with van der Waals surface area (Å²) >= 11 is 5.78. The Morgan fingerprint density at radius 3 is 2.27 bits per heavy atom. The predicted octanol–water partition coefficient (Wildman–Crippen LogP) is 3.53. The number of benzene rings is 2. The van der Waals surface area contributed by atoms with Gasteiger partial charge in [0.15, 0.2) is 5.75 Å². The van der Waals surface area contributed by atoms with Crippen LogP contribution in [0.25, 0.3) is 0 Å². The first-order chi connectivity index (χ1) is 10.5. The molecule has 0 saturated heterocycles. The Hall–Kier alpha value is -2.53. The lowest BCUT2D eigenvalue weighted by atomic mass is 10.2. The van der Waals surface area contributed by atoms with Gasteiger partial charge >= 0.3 is 5.97 Å². The van der Waals surface area contributed by atoms with E-state index in [1.165, 1.54) is 14.0 Å². The van der Waals surface area contributed by atoms with Crippen LogP contribution >= 0.6 is 11.6 Å². The Morgan fingerprint density at radius 2 is 1.68 bits per heavy atom. The van der Waals surface area contributed by atoms with Gasteiger partial charge in [0.2, 0.25) is 5.91 Å². The van der Waals surface area contributed by atoms with E-state index in [2.05, 4.69) is 5.32 Å². The van der Waals surface area contributed by atoms with E-state index in [1.54, 1.807) is 42.5 Å². The van der Waals surface area contributed by atoms with E-state index >= 15 is 0 Å². The molecule has 0 fully saturated rings. The molecule has 2 aromatic carbocycles. The molecule has 5 nitrogen and oxygen atoms in total. The van der Waals surface area contributed by atoms with Gasteiger partial charge in [-0.3, -0.25) is 4.79 Å². The molecule has 0 atom stereocenters. The minimum absolute atomic E-state index is 0.203. The van der Waals surface area contributed by atoms with Gasteiger partial charge in [0.25, 0.3) is 0 Å². The number of hydrogen-bond donors (Lipinski definition) is 1. The fraction of sp³-hybridized carbons (Fsp3) is 0.125. The highest BCUT2D eigenvalue weighted by Gasteiger charge is 2.16. The fourth-order valence-electron chi connectivity index (χ4n) is 1.81. The van der Waals surface area contributed by atoms with Crippen molar-refractivity contribution in [3.63, 3.8) is 0 Å². The molecule has 0 heterocycles. The van der Waals surface area contributed by atoms with Crippen LogP contribution in [-0.4, -0.2) is 19.0 Å². The van der Waals surface area contributed by atoms with E-state index in [4.69, 9.17) is 21.1 Å². The summed E-state index contributed by atoms with van der Waals surface area (Å²) in [4.78, 5) is 23.4. The summed E-state index contributed by atoms with van der Waals surface area (Å²) in [5.41, 5.74) is 0.654. The van der Waals surface area contributed by atoms with Crippen LogP contribution in [0.4, 0.5) is 5.69 Å². The molecule has 22 heavy (non-hydrogen) atoms. The largest absolute Gasteiger partial charge is 0.494 e. The zero-order valence-corrected chi connectivity index (χ0v) is 12.8. The van der Waals surface area contributed by atoms with Gasteiger partial charge < -0.3 is 14.8 Å². The van der Waals surface area contributed by atoms with Gasteiger partial charge in [0, 0.05) is 11.9 Å². The molecule has 0 aliphatic carbocycles. The van der Waals surface area contributed by atoms with E-state index in [0.717, 1.165) is 0 Å². The normalized spacial score (nSPS) is 9.95. The van der Waals surface area contributed by atoms with E-state index in [1.807, 2.05) is 0 Å². The number of carbonyl (C=O) groups is 2. The molecule has 6 heteroatoms. The number of nitrogens with one attached hydrogen (secondary N) is 1. The summed E-state index contributed by atoms with van der Waals surface area (Å²) in [6.07, 6.45) is 0. The van der Waals surface area contributed by atoms with Crippen molar-refractivity contribution in [1.29, 1.82) is 0 Å². The SMILES string of the molecule is COc1cccc(OC(=O)c2ccc(Cl)cc2)c1NC(C)=O. The van der Waals surface area contributed by atoms with Crippen molar-refractivity contribution < 1.29 is 19.1 Å². The molecular weight excluding hydrogens is 306 g/mol. The molecule has 0 spiro atoms. The first kappa shape index (κ1) is 15.9. The zero-order chi connectivity index (χ0) is 16.1. The Kier molecular flexibility index (Phi) is 5.01. The second-order valence-electron chi connectivity index (χ2n) is 4.41. The maximum Gasteiger partial charge on any atom is 0.343 e. The zero-order valence-electron chi connectivity index (χ0n) is 12.1. The van der Waals surface area contributed by atoms with E-state index in [0.29, 0.717) is 22.0 Å². The highest BCUT2D eigenvalue weighted by molar-refractivity contribution is 6.30. The number of carbonyl (C=O) groups excluding carboxylic acids is 2. The van der Waals surface area contributed by atoms with E-state index < -0.39 is 5.97 Å². The molecule has 1 N–H and O–H groups in total. The molecule has 0 unspecified atom stereocenters. The average Bonchev–Trinajstić information content (AvgIpc) is 2.49. The Balaban J connectivity index is 2.30. The van der Waals surface area contributed by atoms with Crippen LogP contribution in [0.5, 0.6) is 11.5 Å². The third kappa shape index (κ3) is 3.77. The van der Waals surface area contributed by atoms with Crippen molar-refractivity contribution >= 4 is 29.2 Å². The number of ether oxygens (including phenoxy) is 2. The predicted molar refractivity (Wildman–Crippen MR) is 83.7 cm³/mol. The summed E-state index contributed by atoms with van der Waals surface area (Å²) in [5.74, 6) is -0.254. The summed E-state index contributed by atoms with van der Waals surface area (Å²) in [6, 6.07) is 11.2. The van der Waals surface area contributed by atoms with Crippen molar-refractivity contribution in [2.45, 2.75) is 6.92 Å². The second-order valence-corrected chi connectivity index (χ2v) is 4.85. The standard InChI is InChI=1S/C16H14ClNO4/c1-10(19)18-15-13(21-2)4-3-5-14(15)22-16(20)11-6-8-12(17)9-7-11/h3-9H,1-2H3,(H,18,19). The Labute approximate surface area is 132 Å². The molecule has 2 rings (SSSR count). The number of rotatable bonds is 4. The number of amides is 1. The minimum atomic E-state index is -0.559. The fourth-order valence-corrected chi connectivity index (χ4v) is 1.94. The van der Waals surface area contributed by atoms with Crippen molar-refractivity contribution in [3.8, 4) is 11.5 Å². The lowest BCUT2D eigenvalue weighted by Crippen LogP contribution is -2.13. The monoisotopic (exact) mass is 319 g/mol. The molecule has 0 radical (unpaired) electrons. The molecule has 0 aliphatic rings. The Morgan fingerprint density at radius 1 is 1.05 bits per heavy atom. The van der Waals surface area contributed by atoms with Gasteiger partial charge in [-0.15, -0.1) is 0 Å². The van der Waals surface area contributed by atoms with Crippen molar-refractivity contribution in [3.05, 3.63) is 53.1 Å². The topological polar surface area (TPSA) is 64.6 Å². The molecule has 1 amide bonds. The third-order valence-electron chi connectivity index (χ3n) is 2.79. The van der Waals surface area contributed by atoms with Crippen LogP contribution in [0.3, 0.4) is 0 Å². The molecule has 0 aliphatic heterocycles. The van der Waals surface area contributed by atoms with Crippen LogP contribution in [-0.2, 0) is 4.79 Å². The van der Waals surface area contributed by atoms with Gasteiger partial charge in [-0.25, -0.2) is 4.79 Å². The van der Waals surface area contributed by atoms with Gasteiger partial charge in [-0.2, -0.15) is 0 Å². The smallest absolute Gasteiger partial charge is 0.343 e. The number of anilines is 1.